The van der Waals surface area contributed by atoms with E-state index in [4.69, 9.17) is 11.6 Å². The van der Waals surface area contributed by atoms with Crippen molar-refractivity contribution in [1.29, 1.82) is 0 Å². The van der Waals surface area contributed by atoms with E-state index in [2.05, 4.69) is 11.4 Å². The summed E-state index contributed by atoms with van der Waals surface area (Å²) in [4.78, 5) is 13.4. The lowest BCUT2D eigenvalue weighted by Crippen LogP contribution is -3.08. The summed E-state index contributed by atoms with van der Waals surface area (Å²) in [5.41, 5.74) is 1.99. The summed E-state index contributed by atoms with van der Waals surface area (Å²) in [5.74, 6) is 0.0109. The Morgan fingerprint density at radius 2 is 1.71 bits per heavy atom. The van der Waals surface area contributed by atoms with Gasteiger partial charge in [0, 0.05) is 16.3 Å². The highest BCUT2D eigenvalue weighted by Crippen LogP contribution is 2.18. The molecular formula is C20H20ClN2O+. The molecule has 3 nitrogen and oxygen atoms in total. The summed E-state index contributed by atoms with van der Waals surface area (Å²) in [6.45, 7) is 1.19. The summed E-state index contributed by atoms with van der Waals surface area (Å²) in [6.07, 6.45) is 0. The summed E-state index contributed by atoms with van der Waals surface area (Å²) in [6, 6.07) is 21.8. The van der Waals surface area contributed by atoms with Crippen molar-refractivity contribution >= 4 is 34.0 Å². The summed E-state index contributed by atoms with van der Waals surface area (Å²) >= 11 is 5.89. The molecule has 122 valence electrons. The highest BCUT2D eigenvalue weighted by atomic mass is 35.5. The molecule has 4 heteroatoms. The van der Waals surface area contributed by atoms with Crippen LogP contribution in [0.15, 0.2) is 66.7 Å². The van der Waals surface area contributed by atoms with Crippen LogP contribution in [0.3, 0.4) is 0 Å². The van der Waals surface area contributed by atoms with Crippen LogP contribution in [0.1, 0.15) is 5.56 Å². The van der Waals surface area contributed by atoms with Crippen LogP contribution < -0.4 is 10.2 Å². The number of halogens is 1. The second kappa shape index (κ2) is 7.47. The highest BCUT2D eigenvalue weighted by molar-refractivity contribution is 6.30. The molecule has 0 saturated heterocycles. The van der Waals surface area contributed by atoms with Crippen molar-refractivity contribution in [2.75, 3.05) is 18.9 Å². The Hall–Kier alpha value is -2.36. The molecule has 0 aliphatic heterocycles. The third kappa shape index (κ3) is 4.34. The van der Waals surface area contributed by atoms with E-state index in [0.717, 1.165) is 33.1 Å². The van der Waals surface area contributed by atoms with Gasteiger partial charge in [-0.05, 0) is 35.0 Å². The number of fused-ring (bicyclic) bond motifs is 1. The lowest BCUT2D eigenvalue weighted by atomic mass is 10.1. The molecule has 0 aliphatic carbocycles. The van der Waals surface area contributed by atoms with Crippen LogP contribution in [0.4, 0.5) is 5.69 Å². The van der Waals surface area contributed by atoms with E-state index in [1.807, 2.05) is 67.7 Å². The smallest absolute Gasteiger partial charge is 0.279 e. The van der Waals surface area contributed by atoms with Gasteiger partial charge in [0.25, 0.3) is 5.91 Å². The minimum Gasteiger partial charge on any atom is -0.326 e. The Labute approximate surface area is 146 Å². The van der Waals surface area contributed by atoms with Gasteiger partial charge in [0.2, 0.25) is 0 Å². The van der Waals surface area contributed by atoms with E-state index in [1.165, 1.54) is 5.39 Å². The predicted octanol–water partition coefficient (Wildman–Crippen LogP) is 3.15. The standard InChI is InChI=1S/C20H19ClN2O/c1-23(13-15-6-9-18(21)10-7-15)14-20(24)22-19-11-8-16-4-2-3-5-17(16)12-19/h2-12H,13-14H2,1H3,(H,22,24)/p+1. The number of carbonyl (C=O) groups is 1. The number of amides is 1. The number of likely N-dealkylation sites (N-methyl/N-ethyl adjacent to an activating group) is 1. The van der Waals surface area contributed by atoms with Crippen LogP contribution in [0, 0.1) is 0 Å². The van der Waals surface area contributed by atoms with E-state index in [1.54, 1.807) is 0 Å². The maximum Gasteiger partial charge on any atom is 0.279 e. The minimum absolute atomic E-state index is 0.0109. The van der Waals surface area contributed by atoms with Crippen molar-refractivity contribution in [2.45, 2.75) is 6.54 Å². The summed E-state index contributed by atoms with van der Waals surface area (Å²) < 4.78 is 0. The van der Waals surface area contributed by atoms with Crippen molar-refractivity contribution in [3.8, 4) is 0 Å². The van der Waals surface area contributed by atoms with Crippen LogP contribution in [0.25, 0.3) is 10.8 Å². The van der Waals surface area contributed by atoms with Crippen LogP contribution in [0.2, 0.25) is 5.02 Å². The molecule has 0 spiro atoms. The Morgan fingerprint density at radius 3 is 2.46 bits per heavy atom. The Morgan fingerprint density at radius 1 is 1.00 bits per heavy atom. The average Bonchev–Trinajstić information content (AvgIpc) is 2.56. The van der Waals surface area contributed by atoms with Gasteiger partial charge in [-0.2, -0.15) is 0 Å². The number of nitrogens with one attached hydrogen (secondary N) is 2. The fourth-order valence-corrected chi connectivity index (χ4v) is 2.89. The van der Waals surface area contributed by atoms with Gasteiger partial charge in [-0.1, -0.05) is 54.1 Å². The first-order valence-corrected chi connectivity index (χ1v) is 8.32. The number of quaternary nitrogens is 1. The van der Waals surface area contributed by atoms with E-state index < -0.39 is 0 Å². The van der Waals surface area contributed by atoms with Crippen molar-refractivity contribution in [2.24, 2.45) is 0 Å². The quantitative estimate of drug-likeness (QED) is 0.735. The predicted molar refractivity (Wildman–Crippen MR) is 99.5 cm³/mol. The number of carbonyl (C=O) groups excluding carboxylic acids is 1. The lowest BCUT2D eigenvalue weighted by Gasteiger charge is -2.14. The third-order valence-electron chi connectivity index (χ3n) is 3.91. The Balaban J connectivity index is 1.58. The minimum atomic E-state index is 0.0109. The monoisotopic (exact) mass is 339 g/mol. The van der Waals surface area contributed by atoms with Gasteiger partial charge in [-0.25, -0.2) is 0 Å². The first-order chi connectivity index (χ1) is 11.6. The van der Waals surface area contributed by atoms with E-state index in [-0.39, 0.29) is 5.91 Å². The number of benzene rings is 3. The SMILES string of the molecule is C[NH+](CC(=O)Nc1ccc2ccccc2c1)Cc1ccc(Cl)cc1. The molecule has 1 unspecified atom stereocenters. The largest absolute Gasteiger partial charge is 0.326 e. The van der Waals surface area contributed by atoms with Crippen molar-refractivity contribution in [3.63, 3.8) is 0 Å². The van der Waals surface area contributed by atoms with Gasteiger partial charge in [0.1, 0.15) is 6.54 Å². The Kier molecular flexibility index (Phi) is 5.14. The average molecular weight is 340 g/mol. The molecule has 3 aromatic rings. The third-order valence-corrected chi connectivity index (χ3v) is 4.17. The number of hydrogen-bond donors (Lipinski definition) is 2. The van der Waals surface area contributed by atoms with E-state index in [0.29, 0.717) is 6.54 Å². The van der Waals surface area contributed by atoms with Crippen molar-refractivity contribution < 1.29 is 9.69 Å². The summed E-state index contributed by atoms with van der Waals surface area (Å²) in [5, 5.41) is 6.00. The lowest BCUT2D eigenvalue weighted by molar-refractivity contribution is -0.885. The molecule has 24 heavy (non-hydrogen) atoms. The van der Waals surface area contributed by atoms with Gasteiger partial charge in [-0.15, -0.1) is 0 Å². The van der Waals surface area contributed by atoms with Crippen LogP contribution in [-0.4, -0.2) is 19.5 Å². The second-order valence-electron chi connectivity index (χ2n) is 6.05. The van der Waals surface area contributed by atoms with E-state index in [9.17, 15) is 4.79 Å². The molecule has 0 saturated carbocycles. The fraction of sp³-hybridized carbons (Fsp3) is 0.150. The van der Waals surface area contributed by atoms with E-state index >= 15 is 0 Å². The highest BCUT2D eigenvalue weighted by Gasteiger charge is 2.11. The first-order valence-electron chi connectivity index (χ1n) is 7.94. The fourth-order valence-electron chi connectivity index (χ4n) is 2.76. The maximum atomic E-state index is 12.3. The molecule has 0 fully saturated rings. The molecule has 1 amide bonds. The first kappa shape index (κ1) is 16.5. The molecule has 1 atom stereocenters. The van der Waals surface area contributed by atoms with Gasteiger partial charge in [-0.3, -0.25) is 4.79 Å². The molecule has 3 rings (SSSR count). The van der Waals surface area contributed by atoms with Crippen molar-refractivity contribution in [1.82, 2.24) is 0 Å². The van der Waals surface area contributed by atoms with Crippen molar-refractivity contribution in [3.05, 3.63) is 77.3 Å². The van der Waals surface area contributed by atoms with Crippen LogP contribution in [-0.2, 0) is 11.3 Å². The maximum absolute atomic E-state index is 12.3. The molecule has 0 radical (unpaired) electrons. The number of rotatable bonds is 5. The van der Waals surface area contributed by atoms with Crippen LogP contribution in [0.5, 0.6) is 0 Å². The molecule has 0 bridgehead atoms. The summed E-state index contributed by atoms with van der Waals surface area (Å²) in [7, 11) is 2.01. The number of anilines is 1. The zero-order chi connectivity index (χ0) is 16.9. The molecule has 2 N–H and O–H groups in total. The zero-order valence-corrected chi connectivity index (χ0v) is 14.3. The van der Waals surface area contributed by atoms with Gasteiger partial charge < -0.3 is 10.2 Å². The molecular weight excluding hydrogens is 320 g/mol. The van der Waals surface area contributed by atoms with Gasteiger partial charge in [0.05, 0.1) is 7.05 Å². The normalized spacial score (nSPS) is 12.1. The molecule has 0 aromatic heterocycles. The Bertz CT molecular complexity index is 846. The molecule has 0 heterocycles. The molecule has 0 aliphatic rings. The number of hydrogen-bond acceptors (Lipinski definition) is 1. The zero-order valence-electron chi connectivity index (χ0n) is 13.6. The van der Waals surface area contributed by atoms with Crippen LogP contribution >= 0.6 is 11.6 Å². The second-order valence-corrected chi connectivity index (χ2v) is 6.48. The topological polar surface area (TPSA) is 33.5 Å². The van der Waals surface area contributed by atoms with Gasteiger partial charge in [0.15, 0.2) is 6.54 Å². The van der Waals surface area contributed by atoms with Gasteiger partial charge >= 0.3 is 0 Å². The molecule has 3 aromatic carbocycles.